The van der Waals surface area contributed by atoms with Crippen LogP contribution in [0.4, 0.5) is 0 Å². The highest BCUT2D eigenvalue weighted by Crippen LogP contribution is 2.23. The van der Waals surface area contributed by atoms with Crippen molar-refractivity contribution in [2.75, 3.05) is 7.05 Å². The smallest absolute Gasteiger partial charge is 0.0178 e. The van der Waals surface area contributed by atoms with E-state index in [4.69, 9.17) is 0 Å². The van der Waals surface area contributed by atoms with Gasteiger partial charge in [-0.1, -0.05) is 22.0 Å². The molecular formula is C11H16BrN. The second-order valence-electron chi connectivity index (χ2n) is 3.12. The summed E-state index contributed by atoms with van der Waals surface area (Å²) < 4.78 is 1.22. The predicted octanol–water partition coefficient (Wildman–Crippen LogP) is 2.90. The number of hydrogen-bond acceptors (Lipinski definition) is 1. The van der Waals surface area contributed by atoms with E-state index in [0.29, 0.717) is 0 Å². The van der Waals surface area contributed by atoms with Crippen LogP contribution in [-0.4, -0.2) is 7.05 Å². The molecule has 0 heterocycles. The van der Waals surface area contributed by atoms with Gasteiger partial charge in [0, 0.05) is 4.47 Å². The number of fused-ring (bicyclic) bond motifs is 1. The summed E-state index contributed by atoms with van der Waals surface area (Å²) in [5.74, 6) is 0. The van der Waals surface area contributed by atoms with E-state index in [-0.39, 0.29) is 0 Å². The van der Waals surface area contributed by atoms with E-state index in [1.54, 1.807) is 11.1 Å². The van der Waals surface area contributed by atoms with E-state index in [9.17, 15) is 0 Å². The summed E-state index contributed by atoms with van der Waals surface area (Å²) in [7, 11) is 1.50. The Hall–Kier alpha value is -0.340. The molecule has 1 aromatic carbocycles. The van der Waals surface area contributed by atoms with E-state index in [2.05, 4.69) is 39.9 Å². The highest BCUT2D eigenvalue weighted by molar-refractivity contribution is 9.10. The van der Waals surface area contributed by atoms with Gasteiger partial charge in [0.1, 0.15) is 0 Å². The quantitative estimate of drug-likeness (QED) is 0.743. The van der Waals surface area contributed by atoms with E-state index in [1.165, 1.54) is 37.2 Å². The third-order valence-electron chi connectivity index (χ3n) is 2.31. The Morgan fingerprint density at radius 1 is 1.08 bits per heavy atom. The van der Waals surface area contributed by atoms with Crippen LogP contribution in [0.1, 0.15) is 24.0 Å². The van der Waals surface area contributed by atoms with Gasteiger partial charge in [-0.05, 0) is 56.0 Å². The fourth-order valence-electron chi connectivity index (χ4n) is 1.70. The van der Waals surface area contributed by atoms with Crippen LogP contribution in [-0.2, 0) is 12.8 Å². The van der Waals surface area contributed by atoms with Gasteiger partial charge in [-0.15, -0.1) is 0 Å². The Balaban J connectivity index is 0.000000396. The van der Waals surface area contributed by atoms with Crippen LogP contribution in [0.3, 0.4) is 0 Å². The average molecular weight is 242 g/mol. The summed E-state index contributed by atoms with van der Waals surface area (Å²) in [6, 6.07) is 6.65. The molecule has 1 aliphatic carbocycles. The first-order valence-corrected chi connectivity index (χ1v) is 5.50. The number of halogens is 1. The van der Waals surface area contributed by atoms with E-state index in [0.717, 1.165) is 0 Å². The van der Waals surface area contributed by atoms with Gasteiger partial charge in [-0.2, -0.15) is 0 Å². The fourth-order valence-corrected chi connectivity index (χ4v) is 2.11. The second-order valence-corrected chi connectivity index (χ2v) is 4.04. The topological polar surface area (TPSA) is 26.0 Å². The van der Waals surface area contributed by atoms with Gasteiger partial charge in [0.15, 0.2) is 0 Å². The van der Waals surface area contributed by atoms with Crippen LogP contribution in [0.2, 0.25) is 0 Å². The Morgan fingerprint density at radius 2 is 1.69 bits per heavy atom. The molecule has 0 saturated carbocycles. The lowest BCUT2D eigenvalue weighted by Gasteiger charge is -2.14. The van der Waals surface area contributed by atoms with Crippen molar-refractivity contribution in [1.82, 2.24) is 0 Å². The van der Waals surface area contributed by atoms with Crippen molar-refractivity contribution < 1.29 is 0 Å². The maximum Gasteiger partial charge on any atom is 0.0178 e. The van der Waals surface area contributed by atoms with Gasteiger partial charge >= 0.3 is 0 Å². The minimum Gasteiger partial charge on any atom is -0.333 e. The average Bonchev–Trinajstić information content (AvgIpc) is 2.21. The van der Waals surface area contributed by atoms with Crippen LogP contribution < -0.4 is 5.73 Å². The molecule has 2 rings (SSSR count). The van der Waals surface area contributed by atoms with Crippen LogP contribution >= 0.6 is 15.9 Å². The molecule has 0 atom stereocenters. The molecule has 0 aliphatic heterocycles. The van der Waals surface area contributed by atoms with Gasteiger partial charge < -0.3 is 5.73 Å². The summed E-state index contributed by atoms with van der Waals surface area (Å²) in [5.41, 5.74) is 7.60. The van der Waals surface area contributed by atoms with Crippen molar-refractivity contribution in [3.8, 4) is 0 Å². The highest BCUT2D eigenvalue weighted by Gasteiger charge is 2.07. The lowest BCUT2D eigenvalue weighted by Crippen LogP contribution is -2.01. The zero-order valence-electron chi connectivity index (χ0n) is 8.02. The Bertz CT molecular complexity index is 271. The van der Waals surface area contributed by atoms with Crippen molar-refractivity contribution >= 4 is 15.9 Å². The Labute approximate surface area is 88.5 Å². The first-order chi connectivity index (χ1) is 6.36. The lowest BCUT2D eigenvalue weighted by atomic mass is 9.92. The van der Waals surface area contributed by atoms with Gasteiger partial charge in [0.05, 0.1) is 0 Å². The predicted molar refractivity (Wildman–Crippen MR) is 60.9 cm³/mol. The van der Waals surface area contributed by atoms with E-state index in [1.807, 2.05) is 0 Å². The van der Waals surface area contributed by atoms with Crippen LogP contribution in [0.5, 0.6) is 0 Å². The monoisotopic (exact) mass is 241 g/mol. The van der Waals surface area contributed by atoms with Crippen molar-refractivity contribution in [3.05, 3.63) is 33.8 Å². The molecule has 1 aromatic rings. The van der Waals surface area contributed by atoms with Crippen LogP contribution in [0, 0.1) is 0 Å². The molecule has 13 heavy (non-hydrogen) atoms. The maximum atomic E-state index is 4.50. The molecule has 0 bridgehead atoms. The van der Waals surface area contributed by atoms with Crippen LogP contribution in [0.25, 0.3) is 0 Å². The molecule has 0 saturated heterocycles. The first-order valence-electron chi connectivity index (χ1n) is 4.71. The summed E-state index contributed by atoms with van der Waals surface area (Å²) in [4.78, 5) is 0. The number of rotatable bonds is 0. The number of nitrogens with two attached hydrogens (primary N) is 1. The fraction of sp³-hybridized carbons (Fsp3) is 0.455. The minimum absolute atomic E-state index is 1.22. The lowest BCUT2D eigenvalue weighted by molar-refractivity contribution is 0.685. The Kier molecular flexibility index (Phi) is 4.46. The second kappa shape index (κ2) is 5.40. The first kappa shape index (κ1) is 10.7. The molecule has 0 amide bonds. The van der Waals surface area contributed by atoms with E-state index < -0.39 is 0 Å². The highest BCUT2D eigenvalue weighted by atomic mass is 79.9. The number of hydrogen-bond donors (Lipinski definition) is 1. The minimum atomic E-state index is 1.22. The van der Waals surface area contributed by atoms with Crippen molar-refractivity contribution in [2.45, 2.75) is 25.7 Å². The molecular weight excluding hydrogens is 226 g/mol. The van der Waals surface area contributed by atoms with Crippen LogP contribution in [0.15, 0.2) is 22.7 Å². The normalized spacial score (nSPS) is 14.1. The number of aryl methyl sites for hydroxylation is 2. The zero-order valence-corrected chi connectivity index (χ0v) is 9.60. The van der Waals surface area contributed by atoms with Crippen molar-refractivity contribution in [3.63, 3.8) is 0 Å². The third-order valence-corrected chi connectivity index (χ3v) is 2.80. The van der Waals surface area contributed by atoms with Crippen molar-refractivity contribution in [1.29, 1.82) is 0 Å². The molecule has 0 radical (unpaired) electrons. The Morgan fingerprint density at radius 3 is 2.38 bits per heavy atom. The molecule has 1 nitrogen and oxygen atoms in total. The van der Waals surface area contributed by atoms with Gasteiger partial charge in [-0.25, -0.2) is 0 Å². The summed E-state index contributed by atoms with van der Waals surface area (Å²) >= 11 is 3.49. The van der Waals surface area contributed by atoms with Gasteiger partial charge in [0.2, 0.25) is 0 Å². The molecule has 1 aliphatic rings. The molecule has 0 fully saturated rings. The SMILES string of the molecule is Brc1ccc2c(c1)CCCC2.CN. The summed E-state index contributed by atoms with van der Waals surface area (Å²) in [6.45, 7) is 0. The van der Waals surface area contributed by atoms with Crippen molar-refractivity contribution in [2.24, 2.45) is 5.73 Å². The van der Waals surface area contributed by atoms with Gasteiger partial charge in [-0.3, -0.25) is 0 Å². The largest absolute Gasteiger partial charge is 0.333 e. The van der Waals surface area contributed by atoms with E-state index >= 15 is 0 Å². The standard InChI is InChI=1S/C10H11Br.CH5N/c11-10-6-5-8-3-1-2-4-9(8)7-10;1-2/h5-7H,1-4H2;2H2,1H3. The molecule has 0 spiro atoms. The summed E-state index contributed by atoms with van der Waals surface area (Å²) in [6.07, 6.45) is 5.29. The molecule has 72 valence electrons. The molecule has 2 N–H and O–H groups in total. The maximum absolute atomic E-state index is 4.50. The number of benzene rings is 1. The summed E-state index contributed by atoms with van der Waals surface area (Å²) in [5, 5.41) is 0. The molecule has 0 aromatic heterocycles. The third kappa shape index (κ3) is 2.82. The molecule has 2 heteroatoms. The van der Waals surface area contributed by atoms with Gasteiger partial charge in [0.25, 0.3) is 0 Å². The molecule has 0 unspecified atom stereocenters. The zero-order chi connectivity index (χ0) is 9.68.